The van der Waals surface area contributed by atoms with E-state index < -0.39 is 29.7 Å². The van der Waals surface area contributed by atoms with Crippen molar-refractivity contribution < 1.29 is 18.3 Å². The molecule has 2 unspecified atom stereocenters. The molecular formula is C21H22F2N2O2. The number of carbonyl (C=O) groups is 1. The number of nitrogens with zero attached hydrogens (tertiary/aromatic N) is 1. The Labute approximate surface area is 157 Å². The van der Waals surface area contributed by atoms with Gasteiger partial charge in [0, 0.05) is 11.6 Å². The van der Waals surface area contributed by atoms with E-state index in [0.717, 1.165) is 17.7 Å². The molecule has 2 aromatic carbocycles. The molecule has 27 heavy (non-hydrogen) atoms. The minimum Gasteiger partial charge on any atom is -0.481 e. The molecule has 0 aromatic heterocycles. The molecule has 1 amide bonds. The lowest BCUT2D eigenvalue weighted by atomic mass is 9.87. The Balaban J connectivity index is 2.05. The van der Waals surface area contributed by atoms with Crippen LogP contribution in [0.3, 0.4) is 0 Å². The predicted octanol–water partition coefficient (Wildman–Crippen LogP) is 4.41. The third kappa shape index (κ3) is 5.27. The van der Waals surface area contributed by atoms with E-state index in [1.165, 1.54) is 6.92 Å². The first kappa shape index (κ1) is 20.4. The fourth-order valence-corrected chi connectivity index (χ4v) is 2.47. The minimum atomic E-state index is -1.24. The van der Waals surface area contributed by atoms with Crippen molar-refractivity contribution in [3.05, 3.63) is 65.2 Å². The van der Waals surface area contributed by atoms with Crippen LogP contribution in [0.2, 0.25) is 0 Å². The predicted molar refractivity (Wildman–Crippen MR) is 98.1 cm³/mol. The van der Waals surface area contributed by atoms with Gasteiger partial charge in [-0.1, -0.05) is 39.0 Å². The number of halogens is 2. The summed E-state index contributed by atoms with van der Waals surface area (Å²) in [5.41, 5.74) is 1.03. The molecule has 2 rings (SSSR count). The van der Waals surface area contributed by atoms with Crippen molar-refractivity contribution in [2.24, 2.45) is 0 Å². The summed E-state index contributed by atoms with van der Waals surface area (Å²) in [6, 6.07) is 10.8. The molecule has 0 aliphatic rings. The van der Waals surface area contributed by atoms with Crippen LogP contribution in [-0.2, 0) is 10.2 Å². The van der Waals surface area contributed by atoms with Crippen LogP contribution in [0, 0.1) is 23.0 Å². The number of carbonyl (C=O) groups excluding carboxylic acids is 1. The average Bonchev–Trinajstić information content (AvgIpc) is 2.59. The average molecular weight is 372 g/mol. The molecule has 0 saturated carbocycles. The molecule has 0 aliphatic heterocycles. The van der Waals surface area contributed by atoms with Gasteiger partial charge < -0.3 is 10.1 Å². The first-order valence-electron chi connectivity index (χ1n) is 8.54. The summed E-state index contributed by atoms with van der Waals surface area (Å²) in [6.45, 7) is 7.81. The maximum absolute atomic E-state index is 13.8. The fraction of sp³-hybridized carbons (Fsp3) is 0.333. The topological polar surface area (TPSA) is 62.1 Å². The smallest absolute Gasteiger partial charge is 0.262 e. The third-order valence-electron chi connectivity index (χ3n) is 4.09. The van der Waals surface area contributed by atoms with E-state index in [0.29, 0.717) is 11.8 Å². The van der Waals surface area contributed by atoms with E-state index in [1.807, 2.05) is 12.1 Å². The van der Waals surface area contributed by atoms with E-state index >= 15 is 0 Å². The Hall–Kier alpha value is -2.94. The number of nitriles is 1. The van der Waals surface area contributed by atoms with Crippen LogP contribution < -0.4 is 10.1 Å². The molecule has 2 aromatic rings. The Morgan fingerprint density at radius 1 is 1.15 bits per heavy atom. The second-order valence-electron chi connectivity index (χ2n) is 7.27. The second-order valence-corrected chi connectivity index (χ2v) is 7.27. The number of nitrogens with one attached hydrogen (secondary N) is 1. The quantitative estimate of drug-likeness (QED) is 0.846. The molecule has 0 aliphatic carbocycles. The summed E-state index contributed by atoms with van der Waals surface area (Å²) in [5, 5.41) is 11.6. The standard InChI is InChI=1S/C21H22F2N2O2/c1-13(27-16-8-5-14(6-9-16)21(2,3)4)20(26)25-19(12-24)17-10-7-15(22)11-18(17)23/h5-11,13,19H,1-4H3,(H,25,26). The number of ether oxygens (including phenoxy) is 1. The highest BCUT2D eigenvalue weighted by Gasteiger charge is 2.23. The minimum absolute atomic E-state index is 0.000763. The first-order valence-corrected chi connectivity index (χ1v) is 8.54. The number of rotatable bonds is 5. The van der Waals surface area contributed by atoms with Crippen molar-refractivity contribution >= 4 is 5.91 Å². The summed E-state index contributed by atoms with van der Waals surface area (Å²) in [4.78, 5) is 12.3. The maximum atomic E-state index is 13.8. The summed E-state index contributed by atoms with van der Waals surface area (Å²) < 4.78 is 32.5. The van der Waals surface area contributed by atoms with Gasteiger partial charge in [-0.15, -0.1) is 0 Å². The van der Waals surface area contributed by atoms with E-state index in [1.54, 1.807) is 18.2 Å². The summed E-state index contributed by atoms with van der Waals surface area (Å²) in [6.07, 6.45) is -0.898. The normalized spacial score (nSPS) is 13.4. The maximum Gasteiger partial charge on any atom is 0.262 e. The Morgan fingerprint density at radius 2 is 1.78 bits per heavy atom. The molecular weight excluding hydrogens is 350 g/mol. The molecule has 0 radical (unpaired) electrons. The highest BCUT2D eigenvalue weighted by Crippen LogP contribution is 2.25. The van der Waals surface area contributed by atoms with Gasteiger partial charge in [0.05, 0.1) is 6.07 Å². The first-order chi connectivity index (χ1) is 12.6. The zero-order valence-corrected chi connectivity index (χ0v) is 15.7. The van der Waals surface area contributed by atoms with E-state index in [-0.39, 0.29) is 11.0 Å². The number of hydrogen-bond acceptors (Lipinski definition) is 3. The lowest BCUT2D eigenvalue weighted by Gasteiger charge is -2.20. The SMILES string of the molecule is CC(Oc1ccc(C(C)(C)C)cc1)C(=O)NC(C#N)c1ccc(F)cc1F. The van der Waals surface area contributed by atoms with Gasteiger partial charge in [0.25, 0.3) is 5.91 Å². The highest BCUT2D eigenvalue weighted by atomic mass is 19.1. The second kappa shape index (κ2) is 8.17. The van der Waals surface area contributed by atoms with Crippen molar-refractivity contribution in [2.75, 3.05) is 0 Å². The van der Waals surface area contributed by atoms with Crippen molar-refractivity contribution in [3.63, 3.8) is 0 Å². The van der Waals surface area contributed by atoms with Crippen LogP contribution in [0.1, 0.15) is 44.9 Å². The van der Waals surface area contributed by atoms with Gasteiger partial charge in [0.15, 0.2) is 6.10 Å². The third-order valence-corrected chi connectivity index (χ3v) is 4.09. The van der Waals surface area contributed by atoms with Gasteiger partial charge in [-0.05, 0) is 36.1 Å². The molecule has 2 atom stereocenters. The summed E-state index contributed by atoms with van der Waals surface area (Å²) in [5.74, 6) is -1.72. The van der Waals surface area contributed by atoms with Gasteiger partial charge in [-0.3, -0.25) is 4.79 Å². The van der Waals surface area contributed by atoms with Crippen molar-refractivity contribution in [2.45, 2.75) is 45.3 Å². The molecule has 1 N–H and O–H groups in total. The summed E-state index contributed by atoms with van der Waals surface area (Å²) >= 11 is 0. The zero-order chi connectivity index (χ0) is 20.2. The fourth-order valence-electron chi connectivity index (χ4n) is 2.47. The number of hydrogen-bond donors (Lipinski definition) is 1. The molecule has 0 fully saturated rings. The van der Waals surface area contributed by atoms with Gasteiger partial charge in [0.1, 0.15) is 23.4 Å². The zero-order valence-electron chi connectivity index (χ0n) is 15.7. The van der Waals surface area contributed by atoms with Crippen LogP contribution in [0.15, 0.2) is 42.5 Å². The van der Waals surface area contributed by atoms with Crippen molar-refractivity contribution in [1.29, 1.82) is 5.26 Å². The van der Waals surface area contributed by atoms with Gasteiger partial charge in [0.2, 0.25) is 0 Å². The molecule has 142 valence electrons. The molecule has 4 nitrogen and oxygen atoms in total. The van der Waals surface area contributed by atoms with Crippen LogP contribution in [0.4, 0.5) is 8.78 Å². The lowest BCUT2D eigenvalue weighted by molar-refractivity contribution is -0.127. The molecule has 6 heteroatoms. The van der Waals surface area contributed by atoms with E-state index in [2.05, 4.69) is 26.1 Å². The monoisotopic (exact) mass is 372 g/mol. The van der Waals surface area contributed by atoms with Gasteiger partial charge in [-0.2, -0.15) is 5.26 Å². The Morgan fingerprint density at radius 3 is 2.30 bits per heavy atom. The molecule has 0 heterocycles. The largest absolute Gasteiger partial charge is 0.481 e. The van der Waals surface area contributed by atoms with E-state index in [9.17, 15) is 18.8 Å². The number of amides is 1. The van der Waals surface area contributed by atoms with Crippen molar-refractivity contribution in [1.82, 2.24) is 5.32 Å². The Bertz CT molecular complexity index is 852. The number of benzene rings is 2. The van der Waals surface area contributed by atoms with Gasteiger partial charge >= 0.3 is 0 Å². The summed E-state index contributed by atoms with van der Waals surface area (Å²) in [7, 11) is 0. The lowest BCUT2D eigenvalue weighted by Crippen LogP contribution is -2.38. The molecule has 0 bridgehead atoms. The van der Waals surface area contributed by atoms with Crippen LogP contribution in [0.5, 0.6) is 5.75 Å². The Kier molecular flexibility index (Phi) is 6.17. The van der Waals surface area contributed by atoms with E-state index in [4.69, 9.17) is 4.74 Å². The van der Waals surface area contributed by atoms with Crippen LogP contribution in [-0.4, -0.2) is 12.0 Å². The van der Waals surface area contributed by atoms with Crippen molar-refractivity contribution in [3.8, 4) is 11.8 Å². The highest BCUT2D eigenvalue weighted by molar-refractivity contribution is 5.81. The van der Waals surface area contributed by atoms with Crippen LogP contribution in [0.25, 0.3) is 0 Å². The van der Waals surface area contributed by atoms with Crippen LogP contribution >= 0.6 is 0 Å². The molecule has 0 saturated heterocycles. The molecule has 0 spiro atoms. The van der Waals surface area contributed by atoms with Gasteiger partial charge in [-0.25, -0.2) is 8.78 Å².